The highest BCUT2D eigenvalue weighted by Gasteiger charge is 2.26. The van der Waals surface area contributed by atoms with Gasteiger partial charge in [0.2, 0.25) is 0 Å². The molecule has 0 saturated carbocycles. The molecule has 1 heterocycles. The lowest BCUT2D eigenvalue weighted by Gasteiger charge is -2.22. The Kier molecular flexibility index (Phi) is 3.85. The Labute approximate surface area is 110 Å². The number of rotatable bonds is 1. The van der Waals surface area contributed by atoms with Crippen LogP contribution in [0.4, 0.5) is 4.39 Å². The Morgan fingerprint density at radius 3 is 2.94 bits per heavy atom. The summed E-state index contributed by atoms with van der Waals surface area (Å²) in [5.41, 5.74) is 1.14. The van der Waals surface area contributed by atoms with Crippen LogP contribution >= 0.6 is 15.9 Å². The van der Waals surface area contributed by atoms with E-state index in [4.69, 9.17) is 4.74 Å². The van der Waals surface area contributed by atoms with Crippen LogP contribution in [0.15, 0.2) is 22.7 Å². The number of benzene rings is 1. The largest absolute Gasteiger partial charge is 0.372 e. The van der Waals surface area contributed by atoms with Gasteiger partial charge in [0, 0.05) is 23.0 Å². The minimum absolute atomic E-state index is 0.0215. The van der Waals surface area contributed by atoms with Crippen LogP contribution in [0.25, 0.3) is 0 Å². The van der Waals surface area contributed by atoms with Crippen molar-refractivity contribution in [2.45, 2.75) is 20.0 Å². The van der Waals surface area contributed by atoms with Crippen molar-refractivity contribution < 1.29 is 9.13 Å². The highest BCUT2D eigenvalue weighted by molar-refractivity contribution is 9.10. The molecule has 0 amide bonds. The zero-order valence-corrected chi connectivity index (χ0v) is 11.7. The fourth-order valence-electron chi connectivity index (χ4n) is 1.94. The Morgan fingerprint density at radius 1 is 1.47 bits per heavy atom. The highest BCUT2D eigenvalue weighted by Crippen LogP contribution is 2.30. The van der Waals surface area contributed by atoms with E-state index in [1.54, 1.807) is 6.07 Å². The van der Waals surface area contributed by atoms with Gasteiger partial charge in [-0.15, -0.1) is 0 Å². The van der Waals surface area contributed by atoms with Crippen molar-refractivity contribution in [3.8, 4) is 0 Å². The first-order valence-corrected chi connectivity index (χ1v) is 6.54. The van der Waals surface area contributed by atoms with Crippen LogP contribution in [-0.4, -0.2) is 19.7 Å². The molecule has 1 aromatic carbocycles. The second-order valence-corrected chi connectivity index (χ2v) is 6.11. The fraction of sp³-hybridized carbons (Fsp3) is 0.538. The summed E-state index contributed by atoms with van der Waals surface area (Å²) in [6, 6.07) is 4.73. The molecule has 1 unspecified atom stereocenters. The third kappa shape index (κ3) is 3.27. The molecule has 0 aromatic heterocycles. The van der Waals surface area contributed by atoms with E-state index >= 15 is 0 Å². The average Bonchev–Trinajstić information content (AvgIpc) is 2.40. The van der Waals surface area contributed by atoms with E-state index < -0.39 is 0 Å². The molecule has 1 saturated heterocycles. The summed E-state index contributed by atoms with van der Waals surface area (Å²) in [6.07, 6.45) is -0.0215. The van der Waals surface area contributed by atoms with E-state index in [1.807, 2.05) is 0 Å². The molecule has 0 spiro atoms. The molecule has 1 fully saturated rings. The monoisotopic (exact) mass is 301 g/mol. The highest BCUT2D eigenvalue weighted by atomic mass is 79.9. The molecule has 2 rings (SSSR count). The van der Waals surface area contributed by atoms with Gasteiger partial charge in [0.05, 0.1) is 12.7 Å². The summed E-state index contributed by atoms with van der Waals surface area (Å²) in [5.74, 6) is -0.234. The molecule has 1 N–H and O–H groups in total. The number of nitrogens with one attached hydrogen (secondary N) is 1. The summed E-state index contributed by atoms with van der Waals surface area (Å²) in [7, 11) is 0. The van der Waals surface area contributed by atoms with Gasteiger partial charge in [-0.1, -0.05) is 35.8 Å². The maximum absolute atomic E-state index is 13.0. The Bertz CT molecular complexity index is 408. The average molecular weight is 302 g/mol. The molecule has 4 heteroatoms. The molecule has 17 heavy (non-hydrogen) atoms. The van der Waals surface area contributed by atoms with Gasteiger partial charge in [-0.3, -0.25) is 0 Å². The molecule has 1 atom stereocenters. The molecular weight excluding hydrogens is 285 g/mol. The third-order valence-corrected chi connectivity index (χ3v) is 3.60. The molecule has 0 radical (unpaired) electrons. The summed E-state index contributed by atoms with van der Waals surface area (Å²) in [5, 5.41) is 3.39. The van der Waals surface area contributed by atoms with Gasteiger partial charge >= 0.3 is 0 Å². The molecule has 94 valence electrons. The quantitative estimate of drug-likeness (QED) is 0.859. The molecule has 1 aliphatic rings. The van der Waals surface area contributed by atoms with Gasteiger partial charge < -0.3 is 10.1 Å². The van der Waals surface area contributed by atoms with E-state index in [2.05, 4.69) is 35.1 Å². The first-order chi connectivity index (χ1) is 7.98. The van der Waals surface area contributed by atoms with Crippen LogP contribution in [0, 0.1) is 11.2 Å². The summed E-state index contributed by atoms with van der Waals surface area (Å²) in [4.78, 5) is 0. The van der Waals surface area contributed by atoms with Gasteiger partial charge in [-0.05, 0) is 17.7 Å². The van der Waals surface area contributed by atoms with Crippen molar-refractivity contribution in [3.63, 3.8) is 0 Å². The minimum atomic E-state index is -0.234. The Morgan fingerprint density at radius 2 is 2.24 bits per heavy atom. The lowest BCUT2D eigenvalue weighted by molar-refractivity contribution is 0.0256. The standard InChI is InChI=1S/C13H17BrFNO/c1-13(2)7-16-6-12(17-8-13)10-4-3-9(15)5-11(10)14/h3-5,12,16H,6-8H2,1-2H3. The first kappa shape index (κ1) is 13.0. The molecule has 0 bridgehead atoms. The van der Waals surface area contributed by atoms with Crippen molar-refractivity contribution in [2.75, 3.05) is 19.7 Å². The van der Waals surface area contributed by atoms with E-state index in [1.165, 1.54) is 12.1 Å². The topological polar surface area (TPSA) is 21.3 Å². The number of ether oxygens (including phenoxy) is 1. The number of hydrogen-bond donors (Lipinski definition) is 1. The second-order valence-electron chi connectivity index (χ2n) is 5.26. The van der Waals surface area contributed by atoms with Gasteiger partial charge in [0.15, 0.2) is 0 Å². The second kappa shape index (κ2) is 5.04. The zero-order valence-electron chi connectivity index (χ0n) is 10.1. The Balaban J connectivity index is 2.17. The predicted octanol–water partition coefficient (Wildman–Crippen LogP) is 3.28. The predicted molar refractivity (Wildman–Crippen MR) is 69.4 cm³/mol. The van der Waals surface area contributed by atoms with Crippen molar-refractivity contribution in [3.05, 3.63) is 34.1 Å². The van der Waals surface area contributed by atoms with Gasteiger partial charge in [0.1, 0.15) is 5.82 Å². The van der Waals surface area contributed by atoms with Gasteiger partial charge in [-0.2, -0.15) is 0 Å². The number of hydrogen-bond acceptors (Lipinski definition) is 2. The van der Waals surface area contributed by atoms with Crippen molar-refractivity contribution in [1.82, 2.24) is 5.32 Å². The summed E-state index contributed by atoms with van der Waals surface area (Å²) >= 11 is 3.39. The lowest BCUT2D eigenvalue weighted by Crippen LogP contribution is -2.29. The fourth-order valence-corrected chi connectivity index (χ4v) is 2.55. The molecule has 2 nitrogen and oxygen atoms in total. The Hall–Kier alpha value is -0.450. The molecule has 1 aliphatic heterocycles. The van der Waals surface area contributed by atoms with E-state index in [0.29, 0.717) is 6.61 Å². The zero-order chi connectivity index (χ0) is 12.5. The molecule has 0 aliphatic carbocycles. The van der Waals surface area contributed by atoms with Crippen LogP contribution in [0.1, 0.15) is 25.5 Å². The van der Waals surface area contributed by atoms with E-state index in [0.717, 1.165) is 23.1 Å². The van der Waals surface area contributed by atoms with Crippen molar-refractivity contribution >= 4 is 15.9 Å². The maximum atomic E-state index is 13.0. The van der Waals surface area contributed by atoms with Crippen LogP contribution in [-0.2, 0) is 4.74 Å². The van der Waals surface area contributed by atoms with Crippen molar-refractivity contribution in [1.29, 1.82) is 0 Å². The lowest BCUT2D eigenvalue weighted by atomic mass is 9.95. The minimum Gasteiger partial charge on any atom is -0.372 e. The summed E-state index contributed by atoms with van der Waals surface area (Å²) < 4.78 is 19.7. The number of halogens is 2. The van der Waals surface area contributed by atoms with Crippen molar-refractivity contribution in [2.24, 2.45) is 5.41 Å². The maximum Gasteiger partial charge on any atom is 0.124 e. The van der Waals surface area contributed by atoms with Crippen LogP contribution in [0.2, 0.25) is 0 Å². The van der Waals surface area contributed by atoms with Crippen LogP contribution in [0.3, 0.4) is 0 Å². The summed E-state index contributed by atoms with van der Waals surface area (Å²) in [6.45, 7) is 6.73. The van der Waals surface area contributed by atoms with E-state index in [9.17, 15) is 4.39 Å². The first-order valence-electron chi connectivity index (χ1n) is 5.75. The smallest absolute Gasteiger partial charge is 0.124 e. The van der Waals surface area contributed by atoms with Crippen LogP contribution < -0.4 is 5.32 Å². The van der Waals surface area contributed by atoms with E-state index in [-0.39, 0.29) is 17.3 Å². The third-order valence-electron chi connectivity index (χ3n) is 2.92. The normalized spacial score (nSPS) is 24.4. The van der Waals surface area contributed by atoms with Gasteiger partial charge in [0.25, 0.3) is 0 Å². The van der Waals surface area contributed by atoms with Gasteiger partial charge in [-0.25, -0.2) is 4.39 Å². The van der Waals surface area contributed by atoms with Crippen LogP contribution in [0.5, 0.6) is 0 Å². The SMILES string of the molecule is CC1(C)CNCC(c2ccc(F)cc2Br)OC1. The molecular formula is C13H17BrFNO. The molecule has 1 aromatic rings.